The van der Waals surface area contributed by atoms with Gasteiger partial charge in [-0.3, -0.25) is 9.69 Å². The Morgan fingerprint density at radius 1 is 1.16 bits per heavy atom. The van der Waals surface area contributed by atoms with Crippen molar-refractivity contribution in [2.24, 2.45) is 4.99 Å². The Morgan fingerprint density at radius 2 is 1.84 bits per heavy atom. The van der Waals surface area contributed by atoms with E-state index in [1.807, 2.05) is 6.92 Å². The average Bonchev–Trinajstić information content (AvgIpc) is 3.42. The molecule has 0 saturated carbocycles. The highest BCUT2D eigenvalue weighted by Crippen LogP contribution is 2.30. The maximum atomic E-state index is 13.8. The number of benzene rings is 2. The molecular formula is C25H21F6N5O2. The fourth-order valence-corrected chi connectivity index (χ4v) is 3.88. The summed E-state index contributed by atoms with van der Waals surface area (Å²) < 4.78 is 87.0. The second-order valence-corrected chi connectivity index (χ2v) is 8.44. The predicted molar refractivity (Wildman–Crippen MR) is 126 cm³/mol. The molecule has 13 heteroatoms. The highest BCUT2D eigenvalue weighted by molar-refractivity contribution is 6.15. The number of carbonyl (C=O) groups excluding carboxylic acids is 1. The molecule has 1 atom stereocenters. The van der Waals surface area contributed by atoms with Gasteiger partial charge in [0.15, 0.2) is 17.5 Å². The van der Waals surface area contributed by atoms with Crippen LogP contribution in [0.1, 0.15) is 29.8 Å². The number of ether oxygens (including phenoxy) is 1. The first-order valence-electron chi connectivity index (χ1n) is 11.1. The molecule has 38 heavy (non-hydrogen) atoms. The van der Waals surface area contributed by atoms with E-state index in [-0.39, 0.29) is 11.3 Å². The third-order valence-corrected chi connectivity index (χ3v) is 5.71. The summed E-state index contributed by atoms with van der Waals surface area (Å²) in [5.41, 5.74) is 1.57. The number of hydrogen-bond acceptors (Lipinski definition) is 4. The highest BCUT2D eigenvalue weighted by atomic mass is 19.4. The molecule has 1 saturated heterocycles. The minimum Gasteiger partial charge on any atom is -0.495 e. The lowest BCUT2D eigenvalue weighted by atomic mass is 10.1. The fraction of sp³-hybridized carbons (Fsp3) is 0.240. The molecule has 1 amide bonds. The second-order valence-electron chi connectivity index (χ2n) is 8.44. The van der Waals surface area contributed by atoms with Crippen LogP contribution in [-0.4, -0.2) is 46.1 Å². The second kappa shape index (κ2) is 10.2. The van der Waals surface area contributed by atoms with Gasteiger partial charge < -0.3 is 14.6 Å². The molecular weight excluding hydrogens is 516 g/mol. The summed E-state index contributed by atoms with van der Waals surface area (Å²) in [5.74, 6) is -5.57. The number of aromatic nitrogens is 2. The molecule has 4 rings (SSSR count). The van der Waals surface area contributed by atoms with Crippen LogP contribution in [0, 0.1) is 24.4 Å². The van der Waals surface area contributed by atoms with Crippen LogP contribution in [0.25, 0.3) is 11.8 Å². The zero-order valence-corrected chi connectivity index (χ0v) is 20.3. The lowest BCUT2D eigenvalue weighted by molar-refractivity contribution is -0.124. The van der Waals surface area contributed by atoms with Gasteiger partial charge in [-0.05, 0) is 55.3 Å². The number of halogens is 6. The van der Waals surface area contributed by atoms with E-state index in [1.165, 1.54) is 20.1 Å². The van der Waals surface area contributed by atoms with Gasteiger partial charge in [0.25, 0.3) is 5.91 Å². The van der Waals surface area contributed by atoms with Crippen LogP contribution in [0.15, 0.2) is 53.5 Å². The summed E-state index contributed by atoms with van der Waals surface area (Å²) in [6.45, 7) is 1.53. The predicted octanol–water partition coefficient (Wildman–Crippen LogP) is 5.06. The Hall–Kier alpha value is -4.29. The number of amides is 1. The lowest BCUT2D eigenvalue weighted by Crippen LogP contribution is -2.36. The molecule has 1 aliphatic heterocycles. The molecule has 2 aromatic carbocycles. The molecule has 0 radical (unpaired) electrons. The van der Waals surface area contributed by atoms with Crippen molar-refractivity contribution in [3.8, 4) is 11.4 Å². The largest absolute Gasteiger partial charge is 0.495 e. The van der Waals surface area contributed by atoms with Gasteiger partial charge in [0.1, 0.15) is 18.0 Å². The van der Waals surface area contributed by atoms with E-state index in [4.69, 9.17) is 4.74 Å². The van der Waals surface area contributed by atoms with Gasteiger partial charge in [0, 0.05) is 6.20 Å². The highest BCUT2D eigenvalue weighted by Gasteiger charge is 2.38. The number of hydrogen-bond donors (Lipinski definition) is 1. The van der Waals surface area contributed by atoms with E-state index in [2.05, 4.69) is 15.3 Å². The third-order valence-electron chi connectivity index (χ3n) is 5.71. The maximum absolute atomic E-state index is 13.8. The zero-order valence-electron chi connectivity index (χ0n) is 20.3. The number of aliphatic imine (C=N–C) groups is 1. The first-order chi connectivity index (χ1) is 17.9. The van der Waals surface area contributed by atoms with Crippen molar-refractivity contribution < 1.29 is 35.9 Å². The topological polar surface area (TPSA) is 71.8 Å². The fourth-order valence-electron chi connectivity index (χ4n) is 3.88. The Balaban J connectivity index is 1.72. The van der Waals surface area contributed by atoms with Crippen molar-refractivity contribution in [3.05, 3.63) is 82.8 Å². The number of aryl methyl sites for hydroxylation is 1. The Kier molecular flexibility index (Phi) is 7.20. The van der Waals surface area contributed by atoms with Crippen LogP contribution >= 0.6 is 0 Å². The first-order valence-corrected chi connectivity index (χ1v) is 11.1. The summed E-state index contributed by atoms with van der Waals surface area (Å²) in [6.07, 6.45) is 0.0660. The zero-order chi connectivity index (χ0) is 27.8. The molecule has 1 aliphatic rings. The number of imidazole rings is 1. The van der Waals surface area contributed by atoms with E-state index in [0.717, 1.165) is 10.6 Å². The van der Waals surface area contributed by atoms with Crippen molar-refractivity contribution in [2.45, 2.75) is 26.1 Å². The van der Waals surface area contributed by atoms with E-state index < -0.39 is 48.1 Å². The number of guanidine groups is 1. The van der Waals surface area contributed by atoms with Crippen LogP contribution in [0.4, 0.5) is 26.3 Å². The molecule has 1 aromatic heterocycles. The Bertz CT molecular complexity index is 1420. The van der Waals surface area contributed by atoms with Crippen molar-refractivity contribution >= 4 is 17.9 Å². The molecule has 1 unspecified atom stereocenters. The van der Waals surface area contributed by atoms with Crippen molar-refractivity contribution in [1.82, 2.24) is 19.8 Å². The van der Waals surface area contributed by atoms with Gasteiger partial charge in [-0.25, -0.2) is 23.1 Å². The normalized spacial score (nSPS) is 16.9. The van der Waals surface area contributed by atoms with Crippen molar-refractivity contribution in [1.29, 1.82) is 0 Å². The van der Waals surface area contributed by atoms with Crippen LogP contribution in [0.2, 0.25) is 0 Å². The SMILES string of the molecule is COc1cc(/C=C2\N/C(=N\CC(F)(F)F)N(C(C)c3cc(F)c(F)c(F)c3)C2=O)ccc1-n1cnc(C)c1. The Morgan fingerprint density at radius 3 is 2.42 bits per heavy atom. The quantitative estimate of drug-likeness (QED) is 0.271. The molecule has 0 spiro atoms. The summed E-state index contributed by atoms with van der Waals surface area (Å²) in [6, 6.07) is 5.10. The minimum atomic E-state index is -4.68. The number of methoxy groups -OCH3 is 1. The van der Waals surface area contributed by atoms with E-state index in [1.54, 1.807) is 35.3 Å². The maximum Gasteiger partial charge on any atom is 0.408 e. The molecule has 3 aromatic rings. The van der Waals surface area contributed by atoms with Gasteiger partial charge in [-0.1, -0.05) is 6.07 Å². The number of nitrogens with zero attached hydrogens (tertiary/aromatic N) is 4. The van der Waals surface area contributed by atoms with Crippen LogP contribution in [-0.2, 0) is 4.79 Å². The standard InChI is InChI=1S/C25H21F6N5O2/c1-13-10-35(12-33-13)20-5-4-15(7-21(20)38-3)6-19-23(37)36(24(34-19)32-11-25(29,30)31)14(2)16-8-17(26)22(28)18(27)9-16/h4-10,12,14H,11H2,1-3H3,(H,32,34)/b19-6-. The van der Waals surface area contributed by atoms with Crippen molar-refractivity contribution in [2.75, 3.05) is 13.7 Å². The van der Waals surface area contributed by atoms with Gasteiger partial charge in [-0.15, -0.1) is 0 Å². The summed E-state index contributed by atoms with van der Waals surface area (Å²) >= 11 is 0. The third kappa shape index (κ3) is 5.50. The molecule has 0 aliphatic carbocycles. The van der Waals surface area contributed by atoms with E-state index in [0.29, 0.717) is 29.1 Å². The summed E-state index contributed by atoms with van der Waals surface area (Å²) in [7, 11) is 1.45. The summed E-state index contributed by atoms with van der Waals surface area (Å²) in [5, 5.41) is 2.56. The molecule has 7 nitrogen and oxygen atoms in total. The smallest absolute Gasteiger partial charge is 0.408 e. The van der Waals surface area contributed by atoms with E-state index >= 15 is 0 Å². The van der Waals surface area contributed by atoms with Gasteiger partial charge in [0.2, 0.25) is 5.96 Å². The average molecular weight is 537 g/mol. The molecule has 0 bridgehead atoms. The molecule has 1 fully saturated rings. The summed E-state index contributed by atoms with van der Waals surface area (Å²) in [4.78, 5) is 21.7. The van der Waals surface area contributed by atoms with Gasteiger partial charge >= 0.3 is 6.18 Å². The monoisotopic (exact) mass is 537 g/mol. The number of rotatable bonds is 6. The minimum absolute atomic E-state index is 0.144. The number of nitrogens with one attached hydrogen (secondary N) is 1. The first kappa shape index (κ1) is 26.8. The molecule has 2 heterocycles. The molecule has 1 N–H and O–H groups in total. The van der Waals surface area contributed by atoms with Crippen LogP contribution in [0.3, 0.4) is 0 Å². The molecule has 200 valence electrons. The lowest BCUT2D eigenvalue weighted by Gasteiger charge is -2.24. The number of carbonyl (C=O) groups is 1. The van der Waals surface area contributed by atoms with Crippen LogP contribution in [0.5, 0.6) is 5.75 Å². The van der Waals surface area contributed by atoms with Crippen molar-refractivity contribution in [3.63, 3.8) is 0 Å². The van der Waals surface area contributed by atoms with Gasteiger partial charge in [-0.2, -0.15) is 13.2 Å². The van der Waals surface area contributed by atoms with Crippen LogP contribution < -0.4 is 10.1 Å². The van der Waals surface area contributed by atoms with E-state index in [9.17, 15) is 31.1 Å². The number of alkyl halides is 3. The van der Waals surface area contributed by atoms with Gasteiger partial charge in [0.05, 0.1) is 30.9 Å². The Labute approximate surface area is 213 Å².